The Labute approximate surface area is 341 Å². The number of nitrogens with one attached hydrogen (secondary N) is 2. The Morgan fingerprint density at radius 2 is 1.44 bits per heavy atom. The number of thioether (sulfide) groups is 1. The molecule has 12 rings (SSSR count). The van der Waals surface area contributed by atoms with Gasteiger partial charge in [-0.15, -0.1) is 11.3 Å². The van der Waals surface area contributed by atoms with E-state index in [0.29, 0.717) is 11.8 Å². The molecule has 5 atom stereocenters. The molecule has 3 aliphatic heterocycles. The topological polar surface area (TPSA) is 27.3 Å². The zero-order valence-corrected chi connectivity index (χ0v) is 32.8. The van der Waals surface area contributed by atoms with E-state index in [1.165, 1.54) is 80.3 Å². The van der Waals surface area contributed by atoms with E-state index >= 15 is 0 Å². The molecule has 274 valence electrons. The van der Waals surface area contributed by atoms with Gasteiger partial charge in [-0.05, 0) is 92.8 Å². The van der Waals surface area contributed by atoms with Crippen molar-refractivity contribution in [1.82, 2.24) is 10.6 Å². The van der Waals surface area contributed by atoms with Gasteiger partial charge in [0, 0.05) is 54.0 Å². The first kappa shape index (κ1) is 33.3. The lowest BCUT2D eigenvalue weighted by molar-refractivity contribution is 0.445. The van der Waals surface area contributed by atoms with Gasteiger partial charge in [0.05, 0.1) is 12.1 Å². The predicted molar refractivity (Wildman–Crippen MR) is 241 cm³/mol. The van der Waals surface area contributed by atoms with Crippen LogP contribution in [0.1, 0.15) is 63.8 Å². The summed E-state index contributed by atoms with van der Waals surface area (Å²) in [6, 6.07) is 51.9. The number of allylic oxidation sites excluding steroid dienone is 6. The monoisotopic (exact) mass is 769 g/mol. The average molecular weight is 770 g/mol. The van der Waals surface area contributed by atoms with Crippen molar-refractivity contribution in [1.29, 1.82) is 0 Å². The molecule has 0 saturated carbocycles. The number of para-hydroxylation sites is 1. The van der Waals surface area contributed by atoms with E-state index in [1.54, 1.807) is 0 Å². The Morgan fingerprint density at radius 1 is 0.649 bits per heavy atom. The summed E-state index contributed by atoms with van der Waals surface area (Å²) in [4.78, 5) is 5.47. The van der Waals surface area contributed by atoms with Crippen LogP contribution >= 0.6 is 23.1 Å². The highest BCUT2D eigenvalue weighted by atomic mass is 32.2. The van der Waals surface area contributed by atoms with E-state index in [2.05, 4.69) is 198 Å². The van der Waals surface area contributed by atoms with Gasteiger partial charge in [0.15, 0.2) is 0 Å². The number of benzene rings is 6. The van der Waals surface area contributed by atoms with Crippen LogP contribution < -0.4 is 15.5 Å². The van der Waals surface area contributed by atoms with Gasteiger partial charge in [-0.1, -0.05) is 151 Å². The van der Waals surface area contributed by atoms with Crippen molar-refractivity contribution in [3.05, 3.63) is 220 Å². The Morgan fingerprint density at radius 3 is 2.35 bits per heavy atom. The zero-order chi connectivity index (χ0) is 37.5. The molecule has 3 nitrogen and oxygen atoms in total. The molecule has 2 N–H and O–H groups in total. The van der Waals surface area contributed by atoms with Crippen LogP contribution in [0.15, 0.2) is 192 Å². The van der Waals surface area contributed by atoms with Gasteiger partial charge < -0.3 is 10.2 Å². The molecule has 6 aromatic carbocycles. The first-order chi connectivity index (χ1) is 28.2. The third-order valence-corrected chi connectivity index (χ3v) is 14.9. The maximum Gasteiger partial charge on any atom is 0.105 e. The fourth-order valence-corrected chi connectivity index (χ4v) is 12.2. The van der Waals surface area contributed by atoms with Crippen LogP contribution in [-0.4, -0.2) is 6.04 Å². The molecule has 5 aliphatic rings. The smallest absolute Gasteiger partial charge is 0.105 e. The van der Waals surface area contributed by atoms with Gasteiger partial charge in [-0.25, -0.2) is 0 Å². The van der Waals surface area contributed by atoms with E-state index in [0.717, 1.165) is 12.1 Å². The van der Waals surface area contributed by atoms with Crippen LogP contribution in [0, 0.1) is 0 Å². The molecule has 5 unspecified atom stereocenters. The Hall–Kier alpha value is -5.85. The minimum atomic E-state index is -0.0739. The highest BCUT2D eigenvalue weighted by molar-refractivity contribution is 8.03. The third kappa shape index (κ3) is 5.44. The zero-order valence-electron chi connectivity index (χ0n) is 31.2. The molecule has 0 spiro atoms. The number of rotatable bonds is 5. The van der Waals surface area contributed by atoms with E-state index in [-0.39, 0.29) is 18.2 Å². The van der Waals surface area contributed by atoms with Crippen molar-refractivity contribution in [2.45, 2.75) is 41.4 Å². The van der Waals surface area contributed by atoms with E-state index in [4.69, 9.17) is 0 Å². The van der Waals surface area contributed by atoms with E-state index in [1.807, 2.05) is 23.1 Å². The van der Waals surface area contributed by atoms with Crippen molar-refractivity contribution in [3.8, 4) is 0 Å². The maximum absolute atomic E-state index is 3.98. The van der Waals surface area contributed by atoms with Crippen molar-refractivity contribution < 1.29 is 0 Å². The van der Waals surface area contributed by atoms with E-state index < -0.39 is 0 Å². The summed E-state index contributed by atoms with van der Waals surface area (Å²) >= 11 is 3.86. The SMILES string of the molecule is C1=CC2c3ccccc3N(c3cccc4c3C3CC(c5ccc6sc7cccc(C8NC(c9ccccc9)=CC(c9ccccc9)N8)c7c6c5)=CC=C3S4)C2C=C1. The third-order valence-electron chi connectivity index (χ3n) is 12.5. The molecule has 7 aromatic rings. The molecule has 0 saturated heterocycles. The second-order valence-corrected chi connectivity index (χ2v) is 17.8. The summed E-state index contributed by atoms with van der Waals surface area (Å²) in [7, 11) is 0. The first-order valence-corrected chi connectivity index (χ1v) is 21.6. The molecule has 5 heteroatoms. The summed E-state index contributed by atoms with van der Waals surface area (Å²) in [5.41, 5.74) is 13.2. The quantitative estimate of drug-likeness (QED) is 0.182. The number of fused-ring (bicyclic) bond motifs is 9. The summed E-state index contributed by atoms with van der Waals surface area (Å²) < 4.78 is 2.64. The largest absolute Gasteiger partial charge is 0.366 e. The van der Waals surface area contributed by atoms with Crippen LogP contribution in [0.4, 0.5) is 11.4 Å². The first-order valence-electron chi connectivity index (χ1n) is 20.0. The van der Waals surface area contributed by atoms with Gasteiger partial charge in [0.2, 0.25) is 0 Å². The highest BCUT2D eigenvalue weighted by Gasteiger charge is 2.41. The second-order valence-electron chi connectivity index (χ2n) is 15.6. The molecule has 2 aliphatic carbocycles. The minimum Gasteiger partial charge on any atom is -0.366 e. The number of hydrogen-bond acceptors (Lipinski definition) is 5. The average Bonchev–Trinajstić information content (AvgIpc) is 3.96. The van der Waals surface area contributed by atoms with Crippen LogP contribution in [-0.2, 0) is 0 Å². The van der Waals surface area contributed by atoms with Crippen molar-refractivity contribution >= 4 is 65.9 Å². The Bertz CT molecular complexity index is 2900. The van der Waals surface area contributed by atoms with Gasteiger partial charge in [0.1, 0.15) is 6.17 Å². The van der Waals surface area contributed by atoms with Gasteiger partial charge >= 0.3 is 0 Å². The standard InChI is InChI=1S/C52H39N3S2/c1-3-13-32(14-4-1)41-31-42(33-15-5-2-6-16-33)54-52(53-41)38-19-11-23-48-50(38)39-29-34(25-27-46(39)56-48)35-26-28-47-40(30-35)51-45(22-12-24-49(51)57-47)55-43-20-9-7-17-36(43)37-18-8-10-21-44(37)55/h1-29,31,36,40-41,43,52-54H,30H2. The lowest BCUT2D eigenvalue weighted by Gasteiger charge is -2.33. The van der Waals surface area contributed by atoms with Crippen molar-refractivity contribution in [3.63, 3.8) is 0 Å². The number of thiophene rings is 1. The summed E-state index contributed by atoms with van der Waals surface area (Å²) in [6.45, 7) is 0. The lowest BCUT2D eigenvalue weighted by atomic mass is 9.84. The minimum absolute atomic E-state index is 0.0688. The van der Waals surface area contributed by atoms with Crippen LogP contribution in [0.3, 0.4) is 0 Å². The molecule has 0 bridgehead atoms. The van der Waals surface area contributed by atoms with Crippen LogP contribution in [0.5, 0.6) is 0 Å². The fourth-order valence-electron chi connectivity index (χ4n) is 9.88. The van der Waals surface area contributed by atoms with Gasteiger partial charge in [-0.2, -0.15) is 0 Å². The Balaban J connectivity index is 0.916. The molecular weight excluding hydrogens is 731 g/mol. The molecular formula is C52H39N3S2. The molecule has 1 aromatic heterocycles. The Kier molecular flexibility index (Phi) is 7.82. The molecule has 0 amide bonds. The molecule has 0 radical (unpaired) electrons. The normalized spacial score (nSPS) is 23.0. The number of nitrogens with zero attached hydrogens (tertiary/aromatic N) is 1. The number of hydrogen-bond donors (Lipinski definition) is 2. The predicted octanol–water partition coefficient (Wildman–Crippen LogP) is 13.3. The van der Waals surface area contributed by atoms with Gasteiger partial charge in [0.25, 0.3) is 0 Å². The van der Waals surface area contributed by atoms with Crippen LogP contribution in [0.2, 0.25) is 0 Å². The lowest BCUT2D eigenvalue weighted by Crippen LogP contribution is -2.39. The summed E-state index contributed by atoms with van der Waals surface area (Å²) in [5, 5.41) is 10.6. The molecule has 57 heavy (non-hydrogen) atoms. The summed E-state index contributed by atoms with van der Waals surface area (Å²) in [5.74, 6) is 0.698. The second kappa shape index (κ2) is 13.4. The summed E-state index contributed by atoms with van der Waals surface area (Å²) in [6.07, 6.45) is 17.2. The number of anilines is 2. The van der Waals surface area contributed by atoms with E-state index in [9.17, 15) is 0 Å². The van der Waals surface area contributed by atoms with Gasteiger partial charge in [-0.3, -0.25) is 5.32 Å². The maximum atomic E-state index is 3.98. The van der Waals surface area contributed by atoms with Crippen molar-refractivity contribution in [2.75, 3.05) is 4.90 Å². The van der Waals surface area contributed by atoms with Crippen LogP contribution in [0.25, 0.3) is 31.4 Å². The highest BCUT2D eigenvalue weighted by Crippen LogP contribution is 2.59. The molecule has 0 fully saturated rings. The van der Waals surface area contributed by atoms with Crippen molar-refractivity contribution in [2.24, 2.45) is 0 Å². The molecule has 4 heterocycles. The fraction of sp³-hybridized carbons (Fsp3) is 0.115.